The van der Waals surface area contributed by atoms with Gasteiger partial charge in [-0.05, 0) is 36.8 Å². The third-order valence-electron chi connectivity index (χ3n) is 4.13. The van der Waals surface area contributed by atoms with Crippen LogP contribution >= 0.6 is 0 Å². The molecular formula is C16H19F2NO3. The van der Waals surface area contributed by atoms with Crippen LogP contribution in [0, 0.1) is 17.6 Å². The molecule has 1 fully saturated rings. The molecule has 1 aromatic rings. The first-order valence-corrected chi connectivity index (χ1v) is 7.34. The van der Waals surface area contributed by atoms with Gasteiger partial charge in [0.15, 0.2) is 0 Å². The van der Waals surface area contributed by atoms with Crippen LogP contribution in [0.5, 0.6) is 0 Å². The summed E-state index contributed by atoms with van der Waals surface area (Å²) in [6.07, 6.45) is 1.71. The Morgan fingerprint density at radius 1 is 1.36 bits per heavy atom. The fraction of sp³-hybridized carbons (Fsp3) is 0.500. The van der Waals surface area contributed by atoms with Crippen molar-refractivity contribution in [2.24, 2.45) is 5.92 Å². The van der Waals surface area contributed by atoms with Gasteiger partial charge in [-0.3, -0.25) is 9.59 Å². The molecule has 0 bridgehead atoms. The normalized spacial score (nSPS) is 22.3. The van der Waals surface area contributed by atoms with Gasteiger partial charge in [0.2, 0.25) is 5.91 Å². The minimum Gasteiger partial charge on any atom is -0.481 e. The van der Waals surface area contributed by atoms with Gasteiger partial charge in [0.1, 0.15) is 11.6 Å². The Balaban J connectivity index is 1.88. The zero-order valence-electron chi connectivity index (χ0n) is 12.3. The summed E-state index contributed by atoms with van der Waals surface area (Å²) in [5, 5.41) is 11.7. The highest BCUT2D eigenvalue weighted by molar-refractivity contribution is 5.77. The predicted octanol–water partition coefficient (Wildman–Crippen LogP) is 2.83. The number of carboxylic acid groups (broad SMARTS) is 1. The fourth-order valence-corrected chi connectivity index (χ4v) is 2.91. The second kappa shape index (κ2) is 6.85. The standard InChI is InChI=1S/C16H19F2NO3/c1-9(13-5-3-11(17)8-14(13)18)6-15(20)19-12-4-2-10(7-12)16(21)22/h3,5,8-10,12H,2,4,6-7H2,1H3,(H,19,20)(H,21,22)/t9?,10-,12+/m0/s1. The average molecular weight is 311 g/mol. The fourth-order valence-electron chi connectivity index (χ4n) is 2.91. The molecule has 3 atom stereocenters. The summed E-state index contributed by atoms with van der Waals surface area (Å²) in [7, 11) is 0. The van der Waals surface area contributed by atoms with Gasteiger partial charge in [0.05, 0.1) is 5.92 Å². The van der Waals surface area contributed by atoms with Crippen LogP contribution < -0.4 is 5.32 Å². The number of hydrogen-bond acceptors (Lipinski definition) is 2. The summed E-state index contributed by atoms with van der Waals surface area (Å²) in [5.41, 5.74) is 0.298. The zero-order valence-corrected chi connectivity index (χ0v) is 12.3. The highest BCUT2D eigenvalue weighted by Gasteiger charge is 2.30. The van der Waals surface area contributed by atoms with Crippen molar-refractivity contribution in [3.63, 3.8) is 0 Å². The second-order valence-electron chi connectivity index (χ2n) is 5.88. The summed E-state index contributed by atoms with van der Waals surface area (Å²) in [6.45, 7) is 1.70. The maximum absolute atomic E-state index is 13.7. The Labute approximate surface area is 127 Å². The van der Waals surface area contributed by atoms with Crippen molar-refractivity contribution in [2.45, 2.75) is 44.6 Å². The molecular weight excluding hydrogens is 292 g/mol. The number of benzene rings is 1. The molecule has 1 saturated carbocycles. The minimum atomic E-state index is -0.835. The van der Waals surface area contributed by atoms with Gasteiger partial charge < -0.3 is 10.4 Å². The average Bonchev–Trinajstić information content (AvgIpc) is 2.86. The van der Waals surface area contributed by atoms with Crippen LogP contribution in [-0.2, 0) is 9.59 Å². The number of hydrogen-bond donors (Lipinski definition) is 2. The van der Waals surface area contributed by atoms with Crippen molar-refractivity contribution in [3.05, 3.63) is 35.4 Å². The van der Waals surface area contributed by atoms with E-state index in [4.69, 9.17) is 5.11 Å². The summed E-state index contributed by atoms with van der Waals surface area (Å²) in [6, 6.07) is 3.18. The first kappa shape index (κ1) is 16.4. The first-order chi connectivity index (χ1) is 10.4. The molecule has 120 valence electrons. The first-order valence-electron chi connectivity index (χ1n) is 7.34. The van der Waals surface area contributed by atoms with Crippen LogP contribution in [0.4, 0.5) is 8.78 Å². The molecule has 1 unspecified atom stereocenters. The van der Waals surface area contributed by atoms with Crippen molar-refractivity contribution in [2.75, 3.05) is 0 Å². The van der Waals surface area contributed by atoms with E-state index in [-0.39, 0.29) is 24.3 Å². The molecule has 22 heavy (non-hydrogen) atoms. The molecule has 1 aliphatic rings. The lowest BCUT2D eigenvalue weighted by Gasteiger charge is -2.16. The van der Waals surface area contributed by atoms with E-state index in [1.165, 1.54) is 12.1 Å². The number of carbonyl (C=O) groups excluding carboxylic acids is 1. The van der Waals surface area contributed by atoms with Crippen molar-refractivity contribution < 1.29 is 23.5 Å². The SMILES string of the molecule is CC(CC(=O)N[C@@H]1CC[C@H](C(=O)O)C1)c1ccc(F)cc1F. The van der Waals surface area contributed by atoms with E-state index >= 15 is 0 Å². The molecule has 0 aliphatic heterocycles. The minimum absolute atomic E-state index is 0.0801. The van der Waals surface area contributed by atoms with E-state index < -0.39 is 23.5 Å². The smallest absolute Gasteiger partial charge is 0.306 e. The molecule has 6 heteroatoms. The van der Waals surface area contributed by atoms with E-state index in [1.54, 1.807) is 6.92 Å². The number of aliphatic carboxylic acids is 1. The van der Waals surface area contributed by atoms with Gasteiger partial charge in [-0.1, -0.05) is 13.0 Å². The number of halogens is 2. The Hall–Kier alpha value is -1.98. The van der Waals surface area contributed by atoms with Crippen LogP contribution in [0.15, 0.2) is 18.2 Å². The lowest BCUT2D eigenvalue weighted by Crippen LogP contribution is -2.34. The molecule has 2 N–H and O–H groups in total. The topological polar surface area (TPSA) is 66.4 Å². The summed E-state index contributed by atoms with van der Waals surface area (Å²) < 4.78 is 26.5. The number of nitrogens with one attached hydrogen (secondary N) is 1. The van der Waals surface area contributed by atoms with E-state index in [9.17, 15) is 18.4 Å². The van der Waals surface area contributed by atoms with Crippen molar-refractivity contribution in [1.29, 1.82) is 0 Å². The summed E-state index contributed by atoms with van der Waals surface area (Å²) in [4.78, 5) is 22.9. The van der Waals surface area contributed by atoms with Crippen LogP contribution in [0.3, 0.4) is 0 Å². The third kappa shape index (κ3) is 4.02. The monoisotopic (exact) mass is 311 g/mol. The van der Waals surface area contributed by atoms with Crippen LogP contribution in [0.2, 0.25) is 0 Å². The van der Waals surface area contributed by atoms with E-state index in [1.807, 2.05) is 0 Å². The van der Waals surface area contributed by atoms with Gasteiger partial charge in [-0.25, -0.2) is 8.78 Å². The molecule has 1 aromatic carbocycles. The highest BCUT2D eigenvalue weighted by Crippen LogP contribution is 2.27. The molecule has 2 rings (SSSR count). The Morgan fingerprint density at radius 2 is 2.09 bits per heavy atom. The van der Waals surface area contributed by atoms with Crippen LogP contribution in [0.25, 0.3) is 0 Å². The molecule has 4 nitrogen and oxygen atoms in total. The lowest BCUT2D eigenvalue weighted by molar-refractivity contribution is -0.141. The molecule has 0 aromatic heterocycles. The van der Waals surface area contributed by atoms with Crippen LogP contribution in [-0.4, -0.2) is 23.0 Å². The van der Waals surface area contributed by atoms with Crippen molar-refractivity contribution in [1.82, 2.24) is 5.32 Å². The van der Waals surface area contributed by atoms with Gasteiger partial charge in [0.25, 0.3) is 0 Å². The number of carbonyl (C=O) groups is 2. The van der Waals surface area contributed by atoms with Crippen molar-refractivity contribution in [3.8, 4) is 0 Å². The number of carboxylic acids is 1. The van der Waals surface area contributed by atoms with Gasteiger partial charge in [-0.15, -0.1) is 0 Å². The van der Waals surface area contributed by atoms with E-state index in [2.05, 4.69) is 5.32 Å². The highest BCUT2D eigenvalue weighted by atomic mass is 19.1. The quantitative estimate of drug-likeness (QED) is 0.878. The molecule has 1 amide bonds. The number of amides is 1. The van der Waals surface area contributed by atoms with E-state index in [0.717, 1.165) is 6.07 Å². The second-order valence-corrected chi connectivity index (χ2v) is 5.88. The molecule has 0 spiro atoms. The molecule has 1 aliphatic carbocycles. The number of rotatable bonds is 5. The maximum Gasteiger partial charge on any atom is 0.306 e. The molecule has 0 saturated heterocycles. The summed E-state index contributed by atoms with van der Waals surface area (Å²) >= 11 is 0. The van der Waals surface area contributed by atoms with Gasteiger partial charge in [-0.2, -0.15) is 0 Å². The van der Waals surface area contributed by atoms with Crippen LogP contribution in [0.1, 0.15) is 44.1 Å². The maximum atomic E-state index is 13.7. The largest absolute Gasteiger partial charge is 0.481 e. The Kier molecular flexibility index (Phi) is 5.11. The zero-order chi connectivity index (χ0) is 16.3. The van der Waals surface area contributed by atoms with Crippen molar-refractivity contribution >= 4 is 11.9 Å². The predicted molar refractivity (Wildman–Crippen MR) is 76.3 cm³/mol. The van der Waals surface area contributed by atoms with Gasteiger partial charge in [0, 0.05) is 18.5 Å². The Bertz CT molecular complexity index is 577. The molecule has 0 radical (unpaired) electrons. The summed E-state index contributed by atoms with van der Waals surface area (Å²) in [5.74, 6) is -3.17. The third-order valence-corrected chi connectivity index (χ3v) is 4.13. The van der Waals surface area contributed by atoms with E-state index in [0.29, 0.717) is 24.8 Å². The molecule has 0 heterocycles. The Morgan fingerprint density at radius 3 is 2.68 bits per heavy atom. The lowest BCUT2D eigenvalue weighted by atomic mass is 9.96. The van der Waals surface area contributed by atoms with Gasteiger partial charge >= 0.3 is 5.97 Å².